The topological polar surface area (TPSA) is 21.3 Å². The second kappa shape index (κ2) is 8.38. The molecule has 0 heterocycles. The molecule has 144 valence electrons. The van der Waals surface area contributed by atoms with Gasteiger partial charge in [0.05, 0.1) is 18.8 Å². The molecule has 0 radical (unpaired) electrons. The van der Waals surface area contributed by atoms with Gasteiger partial charge in [0.2, 0.25) is 0 Å². The molecule has 4 rings (SSSR count). The van der Waals surface area contributed by atoms with E-state index in [2.05, 4.69) is 72.9 Å². The van der Waals surface area contributed by atoms with Crippen molar-refractivity contribution in [3.05, 3.63) is 101 Å². The standard InChI is InChI=1S/C25H26ClNO/c1-19-23(13-8-14-24(19)26)25(27-22-11-6-3-7-12-22)15-21(16-25)18-28-17-20-9-4-2-5-10-20/h2-14,21,27H,15-18H2,1H3. The minimum absolute atomic E-state index is 0.0862. The highest BCUT2D eigenvalue weighted by Gasteiger charge is 2.46. The average molecular weight is 392 g/mol. The molecular weight excluding hydrogens is 366 g/mol. The highest BCUT2D eigenvalue weighted by molar-refractivity contribution is 6.31. The zero-order valence-corrected chi connectivity index (χ0v) is 17.0. The van der Waals surface area contributed by atoms with Gasteiger partial charge >= 0.3 is 0 Å². The van der Waals surface area contributed by atoms with Crippen LogP contribution in [0.3, 0.4) is 0 Å². The largest absolute Gasteiger partial charge is 0.376 e. The van der Waals surface area contributed by atoms with E-state index in [-0.39, 0.29) is 5.54 Å². The van der Waals surface area contributed by atoms with E-state index < -0.39 is 0 Å². The van der Waals surface area contributed by atoms with Crippen molar-refractivity contribution >= 4 is 17.3 Å². The van der Waals surface area contributed by atoms with E-state index in [1.807, 2.05) is 18.2 Å². The van der Waals surface area contributed by atoms with Gasteiger partial charge in [0.15, 0.2) is 0 Å². The highest BCUT2D eigenvalue weighted by atomic mass is 35.5. The van der Waals surface area contributed by atoms with Crippen LogP contribution >= 0.6 is 11.6 Å². The predicted molar refractivity (Wildman–Crippen MR) is 117 cm³/mol. The van der Waals surface area contributed by atoms with Gasteiger partial charge < -0.3 is 10.1 Å². The van der Waals surface area contributed by atoms with Gasteiger partial charge in [-0.2, -0.15) is 0 Å². The molecule has 0 aromatic heterocycles. The number of anilines is 1. The number of rotatable bonds is 7. The van der Waals surface area contributed by atoms with E-state index in [1.54, 1.807) is 0 Å². The van der Waals surface area contributed by atoms with Crippen LogP contribution in [0.5, 0.6) is 0 Å². The number of halogens is 1. The summed E-state index contributed by atoms with van der Waals surface area (Å²) in [4.78, 5) is 0. The van der Waals surface area contributed by atoms with Gasteiger partial charge in [-0.25, -0.2) is 0 Å². The summed E-state index contributed by atoms with van der Waals surface area (Å²) in [6.07, 6.45) is 2.08. The lowest BCUT2D eigenvalue weighted by molar-refractivity contribution is 0.0279. The molecule has 3 heteroatoms. The molecule has 0 atom stereocenters. The second-order valence-electron chi connectivity index (χ2n) is 7.76. The minimum Gasteiger partial charge on any atom is -0.376 e. The molecule has 28 heavy (non-hydrogen) atoms. The summed E-state index contributed by atoms with van der Waals surface area (Å²) in [6, 6.07) is 27.0. The maximum Gasteiger partial charge on any atom is 0.0717 e. The van der Waals surface area contributed by atoms with Crippen molar-refractivity contribution in [3.8, 4) is 0 Å². The first kappa shape index (κ1) is 19.0. The number of hydrogen-bond acceptors (Lipinski definition) is 2. The number of para-hydroxylation sites is 1. The second-order valence-corrected chi connectivity index (χ2v) is 8.17. The van der Waals surface area contributed by atoms with E-state index in [0.717, 1.165) is 35.7 Å². The molecule has 0 spiro atoms. The molecule has 0 aliphatic heterocycles. The zero-order chi connectivity index (χ0) is 19.4. The quantitative estimate of drug-likeness (QED) is 0.491. The fourth-order valence-electron chi connectivity index (χ4n) is 4.27. The van der Waals surface area contributed by atoms with E-state index in [1.165, 1.54) is 11.1 Å². The van der Waals surface area contributed by atoms with Crippen molar-refractivity contribution in [1.29, 1.82) is 0 Å². The normalized spacial score (nSPS) is 21.1. The molecule has 0 saturated heterocycles. The summed E-state index contributed by atoms with van der Waals surface area (Å²) in [5.41, 5.74) is 4.74. The zero-order valence-electron chi connectivity index (χ0n) is 16.2. The molecule has 1 N–H and O–H groups in total. The summed E-state index contributed by atoms with van der Waals surface area (Å²) < 4.78 is 6.00. The monoisotopic (exact) mass is 391 g/mol. The van der Waals surface area contributed by atoms with Gasteiger partial charge in [-0.1, -0.05) is 72.3 Å². The summed E-state index contributed by atoms with van der Waals surface area (Å²) >= 11 is 6.44. The Bertz CT molecular complexity index is 904. The predicted octanol–water partition coefficient (Wildman–Crippen LogP) is 6.58. The fraction of sp³-hybridized carbons (Fsp3) is 0.280. The molecular formula is C25H26ClNO. The van der Waals surface area contributed by atoms with Crippen LogP contribution in [0.25, 0.3) is 0 Å². The van der Waals surface area contributed by atoms with Crippen molar-refractivity contribution in [2.45, 2.75) is 31.9 Å². The first-order chi connectivity index (χ1) is 13.7. The lowest BCUT2D eigenvalue weighted by Gasteiger charge is -2.50. The minimum atomic E-state index is -0.0862. The Labute approximate surface area is 172 Å². The van der Waals surface area contributed by atoms with Gasteiger partial charge in [-0.15, -0.1) is 0 Å². The molecule has 3 aromatic rings. The van der Waals surface area contributed by atoms with E-state index >= 15 is 0 Å². The maximum absolute atomic E-state index is 6.44. The lowest BCUT2D eigenvalue weighted by Crippen LogP contribution is -2.49. The third kappa shape index (κ3) is 4.09. The third-order valence-corrected chi connectivity index (χ3v) is 6.09. The van der Waals surface area contributed by atoms with Gasteiger partial charge in [-0.3, -0.25) is 0 Å². The first-order valence-electron chi connectivity index (χ1n) is 9.87. The smallest absolute Gasteiger partial charge is 0.0717 e. The van der Waals surface area contributed by atoms with E-state index in [4.69, 9.17) is 16.3 Å². The van der Waals surface area contributed by atoms with Crippen LogP contribution in [0.2, 0.25) is 5.02 Å². The summed E-state index contributed by atoms with van der Waals surface area (Å²) in [5.74, 6) is 0.540. The summed E-state index contributed by atoms with van der Waals surface area (Å²) in [5, 5.41) is 4.63. The fourth-order valence-corrected chi connectivity index (χ4v) is 4.45. The number of benzene rings is 3. The van der Waals surface area contributed by atoms with Gasteiger partial charge in [0.1, 0.15) is 0 Å². The Morgan fingerprint density at radius 1 is 0.929 bits per heavy atom. The molecule has 1 aliphatic carbocycles. The SMILES string of the molecule is Cc1c(Cl)cccc1C1(Nc2ccccc2)CC(COCc2ccccc2)C1. The average Bonchev–Trinajstić information content (AvgIpc) is 2.69. The molecule has 0 unspecified atom stereocenters. The maximum atomic E-state index is 6.44. The third-order valence-electron chi connectivity index (χ3n) is 5.68. The van der Waals surface area contributed by atoms with Crippen molar-refractivity contribution < 1.29 is 4.74 Å². The van der Waals surface area contributed by atoms with Crippen molar-refractivity contribution in [2.75, 3.05) is 11.9 Å². The van der Waals surface area contributed by atoms with Crippen LogP contribution in [0.1, 0.15) is 29.5 Å². The van der Waals surface area contributed by atoms with Crippen LogP contribution in [0.15, 0.2) is 78.9 Å². The molecule has 2 nitrogen and oxygen atoms in total. The van der Waals surface area contributed by atoms with Crippen LogP contribution in [-0.2, 0) is 16.9 Å². The van der Waals surface area contributed by atoms with Crippen LogP contribution in [0, 0.1) is 12.8 Å². The Morgan fingerprint density at radius 3 is 2.32 bits per heavy atom. The molecule has 1 fully saturated rings. The summed E-state index contributed by atoms with van der Waals surface area (Å²) in [7, 11) is 0. The Hall–Kier alpha value is -2.29. The highest BCUT2D eigenvalue weighted by Crippen LogP contribution is 2.49. The molecule has 1 aliphatic rings. The van der Waals surface area contributed by atoms with Gasteiger partial charge in [0, 0.05) is 10.7 Å². The van der Waals surface area contributed by atoms with Crippen molar-refractivity contribution in [2.24, 2.45) is 5.92 Å². The summed E-state index contributed by atoms with van der Waals surface area (Å²) in [6.45, 7) is 3.57. The van der Waals surface area contributed by atoms with Crippen molar-refractivity contribution in [3.63, 3.8) is 0 Å². The Morgan fingerprint density at radius 2 is 1.61 bits per heavy atom. The van der Waals surface area contributed by atoms with Gasteiger partial charge in [0.25, 0.3) is 0 Å². The lowest BCUT2D eigenvalue weighted by atomic mass is 9.64. The molecule has 1 saturated carbocycles. The van der Waals surface area contributed by atoms with Crippen LogP contribution in [0.4, 0.5) is 5.69 Å². The Kier molecular flexibility index (Phi) is 5.70. The Balaban J connectivity index is 1.46. The molecule has 0 amide bonds. The number of hydrogen-bond donors (Lipinski definition) is 1. The van der Waals surface area contributed by atoms with E-state index in [0.29, 0.717) is 12.5 Å². The van der Waals surface area contributed by atoms with Gasteiger partial charge in [-0.05, 0) is 60.6 Å². The van der Waals surface area contributed by atoms with Crippen molar-refractivity contribution in [1.82, 2.24) is 0 Å². The van der Waals surface area contributed by atoms with E-state index in [9.17, 15) is 0 Å². The molecule has 0 bridgehead atoms. The molecule has 3 aromatic carbocycles. The number of ether oxygens (including phenoxy) is 1. The van der Waals surface area contributed by atoms with Crippen LogP contribution < -0.4 is 5.32 Å². The first-order valence-corrected chi connectivity index (χ1v) is 10.2. The van der Waals surface area contributed by atoms with Crippen LogP contribution in [-0.4, -0.2) is 6.61 Å². The number of nitrogens with one attached hydrogen (secondary N) is 1.